The first-order chi connectivity index (χ1) is 6.15. The van der Waals surface area contributed by atoms with Crippen molar-refractivity contribution in [2.45, 2.75) is 20.3 Å². The maximum Gasteiger partial charge on any atom is 0.142 e. The summed E-state index contributed by atoms with van der Waals surface area (Å²) in [4.78, 5) is 2.13. The molecular weight excluding hydrogens is 164 g/mol. The van der Waals surface area contributed by atoms with Gasteiger partial charge in [0.25, 0.3) is 0 Å². The third-order valence-electron chi connectivity index (χ3n) is 2.34. The Morgan fingerprint density at radius 2 is 2.38 bits per heavy atom. The Bertz CT molecular complexity index is 256. The van der Waals surface area contributed by atoms with E-state index in [0.29, 0.717) is 11.7 Å². The number of nitrogens with one attached hydrogen (secondary N) is 1. The van der Waals surface area contributed by atoms with Crippen LogP contribution in [0, 0.1) is 5.92 Å². The average Bonchev–Trinajstić information content (AvgIpc) is 2.51. The van der Waals surface area contributed by atoms with Gasteiger partial charge in [0.2, 0.25) is 0 Å². The van der Waals surface area contributed by atoms with Gasteiger partial charge in [-0.15, -0.1) is 0 Å². The van der Waals surface area contributed by atoms with Crippen LogP contribution in [0.3, 0.4) is 0 Å². The molecule has 4 heteroatoms. The van der Waals surface area contributed by atoms with E-state index in [-0.39, 0.29) is 0 Å². The highest BCUT2D eigenvalue weighted by molar-refractivity contribution is 5.61. The van der Waals surface area contributed by atoms with E-state index in [2.05, 4.69) is 28.9 Å². The lowest BCUT2D eigenvalue weighted by Gasteiger charge is -2.21. The second-order valence-corrected chi connectivity index (χ2v) is 3.56. The molecule has 0 amide bonds. The molecule has 0 radical (unpaired) electrons. The molecule has 1 rings (SSSR count). The number of nitrogens with zero attached hydrogens (tertiary/aromatic N) is 2. The molecule has 1 heterocycles. The van der Waals surface area contributed by atoms with Crippen LogP contribution in [0.4, 0.5) is 11.5 Å². The Balaban J connectivity index is 2.58. The first-order valence-corrected chi connectivity index (χ1v) is 4.65. The molecule has 0 spiro atoms. The SMILES string of the molecule is CCC(C)CN(C)c1cn[nH]c1N. The summed E-state index contributed by atoms with van der Waals surface area (Å²) in [5.41, 5.74) is 6.69. The Morgan fingerprint density at radius 3 is 2.85 bits per heavy atom. The van der Waals surface area contributed by atoms with E-state index >= 15 is 0 Å². The number of hydrogen-bond acceptors (Lipinski definition) is 3. The molecule has 0 aromatic carbocycles. The Morgan fingerprint density at radius 1 is 1.69 bits per heavy atom. The molecule has 1 atom stereocenters. The molecule has 13 heavy (non-hydrogen) atoms. The molecule has 0 aliphatic carbocycles. The van der Waals surface area contributed by atoms with Crippen LogP contribution in [0.25, 0.3) is 0 Å². The molecule has 0 saturated carbocycles. The number of nitrogen functional groups attached to an aromatic ring is 1. The van der Waals surface area contributed by atoms with Crippen molar-refractivity contribution in [3.05, 3.63) is 6.20 Å². The minimum atomic E-state index is 0.644. The number of hydrogen-bond donors (Lipinski definition) is 2. The van der Waals surface area contributed by atoms with Gasteiger partial charge in [-0.2, -0.15) is 5.10 Å². The summed E-state index contributed by atoms with van der Waals surface area (Å²) in [6.45, 7) is 5.43. The molecule has 3 N–H and O–H groups in total. The Labute approximate surface area is 79.1 Å². The fourth-order valence-corrected chi connectivity index (χ4v) is 1.29. The van der Waals surface area contributed by atoms with E-state index in [1.165, 1.54) is 6.42 Å². The van der Waals surface area contributed by atoms with E-state index in [9.17, 15) is 0 Å². The number of H-pyrrole nitrogens is 1. The number of rotatable bonds is 4. The van der Waals surface area contributed by atoms with Crippen molar-refractivity contribution in [2.24, 2.45) is 5.92 Å². The minimum Gasteiger partial charge on any atom is -0.382 e. The molecule has 4 nitrogen and oxygen atoms in total. The highest BCUT2D eigenvalue weighted by atomic mass is 15.2. The van der Waals surface area contributed by atoms with Crippen LogP contribution in [0.1, 0.15) is 20.3 Å². The Kier molecular flexibility index (Phi) is 3.17. The molecule has 0 saturated heterocycles. The van der Waals surface area contributed by atoms with Gasteiger partial charge in [0.1, 0.15) is 5.82 Å². The van der Waals surface area contributed by atoms with Crippen molar-refractivity contribution in [1.82, 2.24) is 10.2 Å². The number of aromatic amines is 1. The zero-order valence-corrected chi connectivity index (χ0v) is 8.54. The summed E-state index contributed by atoms with van der Waals surface area (Å²) >= 11 is 0. The third-order valence-corrected chi connectivity index (χ3v) is 2.34. The van der Waals surface area contributed by atoms with Gasteiger partial charge < -0.3 is 10.6 Å². The van der Waals surface area contributed by atoms with E-state index in [0.717, 1.165) is 12.2 Å². The van der Waals surface area contributed by atoms with E-state index in [4.69, 9.17) is 5.73 Å². The summed E-state index contributed by atoms with van der Waals surface area (Å²) < 4.78 is 0. The maximum absolute atomic E-state index is 5.70. The van der Waals surface area contributed by atoms with Gasteiger partial charge in [-0.25, -0.2) is 0 Å². The van der Waals surface area contributed by atoms with Crippen LogP contribution in [0.2, 0.25) is 0 Å². The van der Waals surface area contributed by atoms with E-state index in [1.807, 2.05) is 7.05 Å². The van der Waals surface area contributed by atoms with Gasteiger partial charge in [-0.3, -0.25) is 5.10 Å². The van der Waals surface area contributed by atoms with Crippen molar-refractivity contribution in [1.29, 1.82) is 0 Å². The van der Waals surface area contributed by atoms with Crippen LogP contribution in [0.5, 0.6) is 0 Å². The average molecular weight is 182 g/mol. The van der Waals surface area contributed by atoms with Gasteiger partial charge in [0.15, 0.2) is 0 Å². The van der Waals surface area contributed by atoms with Crippen LogP contribution < -0.4 is 10.6 Å². The van der Waals surface area contributed by atoms with Crippen molar-refractivity contribution in [3.8, 4) is 0 Å². The normalized spacial score (nSPS) is 12.8. The van der Waals surface area contributed by atoms with Crippen LogP contribution in [-0.4, -0.2) is 23.8 Å². The Hall–Kier alpha value is -1.19. The largest absolute Gasteiger partial charge is 0.382 e. The monoisotopic (exact) mass is 182 g/mol. The number of nitrogens with two attached hydrogens (primary N) is 1. The van der Waals surface area contributed by atoms with Crippen LogP contribution in [0.15, 0.2) is 6.20 Å². The van der Waals surface area contributed by atoms with E-state index < -0.39 is 0 Å². The lowest BCUT2D eigenvalue weighted by molar-refractivity contribution is 0.560. The van der Waals surface area contributed by atoms with Crippen molar-refractivity contribution in [3.63, 3.8) is 0 Å². The second kappa shape index (κ2) is 4.16. The zero-order chi connectivity index (χ0) is 9.84. The predicted molar refractivity (Wildman–Crippen MR) is 55.7 cm³/mol. The minimum absolute atomic E-state index is 0.644. The third kappa shape index (κ3) is 2.37. The molecule has 0 bridgehead atoms. The van der Waals surface area contributed by atoms with Gasteiger partial charge in [0, 0.05) is 13.6 Å². The summed E-state index contributed by atoms with van der Waals surface area (Å²) in [5, 5.41) is 6.61. The summed E-state index contributed by atoms with van der Waals surface area (Å²) in [6, 6.07) is 0. The lowest BCUT2D eigenvalue weighted by Crippen LogP contribution is -2.23. The topological polar surface area (TPSA) is 57.9 Å². The van der Waals surface area contributed by atoms with Gasteiger partial charge in [-0.05, 0) is 5.92 Å². The molecule has 0 aliphatic rings. The second-order valence-electron chi connectivity index (χ2n) is 3.56. The molecule has 74 valence electrons. The number of anilines is 2. The van der Waals surface area contributed by atoms with Gasteiger partial charge in [-0.1, -0.05) is 20.3 Å². The van der Waals surface area contributed by atoms with Crippen molar-refractivity contribution >= 4 is 11.5 Å². The van der Waals surface area contributed by atoms with E-state index in [1.54, 1.807) is 6.20 Å². The smallest absolute Gasteiger partial charge is 0.142 e. The zero-order valence-electron chi connectivity index (χ0n) is 8.54. The lowest BCUT2D eigenvalue weighted by atomic mass is 10.1. The summed E-state index contributed by atoms with van der Waals surface area (Å²) in [7, 11) is 2.04. The van der Waals surface area contributed by atoms with Gasteiger partial charge >= 0.3 is 0 Å². The molecule has 1 aromatic heterocycles. The first-order valence-electron chi connectivity index (χ1n) is 4.65. The summed E-state index contributed by atoms with van der Waals surface area (Å²) in [5.74, 6) is 1.32. The molecule has 0 aliphatic heterocycles. The van der Waals surface area contributed by atoms with Crippen molar-refractivity contribution in [2.75, 3.05) is 24.2 Å². The molecular formula is C9H18N4. The van der Waals surface area contributed by atoms with Gasteiger partial charge in [0.05, 0.1) is 11.9 Å². The molecule has 1 unspecified atom stereocenters. The predicted octanol–water partition coefficient (Wildman–Crippen LogP) is 1.47. The first kappa shape index (κ1) is 9.89. The fraction of sp³-hybridized carbons (Fsp3) is 0.667. The standard InChI is InChI=1S/C9H18N4/c1-4-7(2)6-13(3)8-5-11-12-9(8)10/h5,7H,4,6H2,1-3H3,(H3,10,11,12). The quantitative estimate of drug-likeness (QED) is 0.741. The molecule has 0 fully saturated rings. The van der Waals surface area contributed by atoms with Crippen LogP contribution in [-0.2, 0) is 0 Å². The van der Waals surface area contributed by atoms with Crippen LogP contribution >= 0.6 is 0 Å². The number of aromatic nitrogens is 2. The maximum atomic E-state index is 5.70. The highest BCUT2D eigenvalue weighted by Gasteiger charge is 2.09. The van der Waals surface area contributed by atoms with Crippen molar-refractivity contribution < 1.29 is 0 Å². The highest BCUT2D eigenvalue weighted by Crippen LogP contribution is 2.19. The molecule has 1 aromatic rings. The fourth-order valence-electron chi connectivity index (χ4n) is 1.29. The summed E-state index contributed by atoms with van der Waals surface area (Å²) in [6.07, 6.45) is 2.94.